The van der Waals surface area contributed by atoms with Gasteiger partial charge in [-0.2, -0.15) is 5.10 Å². The number of hydrazone groups is 1. The Kier molecular flexibility index (Phi) is 6.09. The fourth-order valence-electron chi connectivity index (χ4n) is 2.97. The van der Waals surface area contributed by atoms with Crippen molar-refractivity contribution in [3.05, 3.63) is 64.7 Å². The molecule has 2 unspecified atom stereocenters. The number of hydrogen-bond acceptors (Lipinski definition) is 4. The first-order valence-corrected chi connectivity index (χ1v) is 9.94. The average Bonchev–Trinajstić information content (AvgIpc) is 3.10. The Balaban J connectivity index is 1.76. The minimum Gasteiger partial charge on any atom is -0.308 e. The molecule has 3 rings (SSSR count). The lowest BCUT2D eigenvalue weighted by Gasteiger charge is -2.19. The Morgan fingerprint density at radius 2 is 1.85 bits per heavy atom. The van der Waals surface area contributed by atoms with Crippen LogP contribution in [0.3, 0.4) is 0 Å². The third kappa shape index (κ3) is 4.51. The largest absolute Gasteiger partial charge is 0.308 e. The van der Waals surface area contributed by atoms with E-state index in [1.165, 1.54) is 0 Å². The fraction of sp³-hybridized carbons (Fsp3) is 0.316. The van der Waals surface area contributed by atoms with Gasteiger partial charge in [0, 0.05) is 24.5 Å². The lowest BCUT2D eigenvalue weighted by molar-refractivity contribution is 0.398. The summed E-state index contributed by atoms with van der Waals surface area (Å²) in [7, 11) is 3.79. The summed E-state index contributed by atoms with van der Waals surface area (Å²) in [6, 6.07) is 15.4. The molecular weight excluding hydrogens is 370 g/mol. The molecule has 0 fully saturated rings. The summed E-state index contributed by atoms with van der Waals surface area (Å²) in [6.45, 7) is 1.33. The summed E-state index contributed by atoms with van der Waals surface area (Å²) in [6.07, 6.45) is 0.868. The fourth-order valence-corrected chi connectivity index (χ4v) is 3.91. The average molecular weight is 392 g/mol. The normalized spacial score (nSPS) is 16.7. The van der Waals surface area contributed by atoms with Crippen molar-refractivity contribution < 1.29 is 8.76 Å². The molecule has 26 heavy (non-hydrogen) atoms. The molecule has 0 spiro atoms. The molecule has 1 aliphatic heterocycles. The molecular formula is C19H22ClN3O2S. The highest BCUT2D eigenvalue weighted by Crippen LogP contribution is 2.26. The predicted octanol–water partition coefficient (Wildman–Crippen LogP) is 3.78. The van der Waals surface area contributed by atoms with E-state index in [4.69, 9.17) is 16.7 Å². The van der Waals surface area contributed by atoms with Gasteiger partial charge in [0.2, 0.25) is 0 Å². The maximum Gasteiger partial charge on any atom is 0.161 e. The van der Waals surface area contributed by atoms with Gasteiger partial charge in [0.05, 0.1) is 16.6 Å². The second kappa shape index (κ2) is 8.31. The zero-order valence-corrected chi connectivity index (χ0v) is 16.4. The van der Waals surface area contributed by atoms with Crippen molar-refractivity contribution >= 4 is 34.1 Å². The van der Waals surface area contributed by atoms with Crippen LogP contribution in [0, 0.1) is 0 Å². The number of halogens is 1. The number of benzene rings is 2. The summed E-state index contributed by atoms with van der Waals surface area (Å²) >= 11 is 4.03. The van der Waals surface area contributed by atoms with Crippen LogP contribution in [-0.2, 0) is 11.1 Å². The number of likely N-dealkylation sites (N-methyl/N-ethyl adjacent to an activating group) is 1. The molecule has 1 heterocycles. The molecule has 0 saturated heterocycles. The molecule has 0 aromatic heterocycles. The maximum atomic E-state index is 11.6. The molecule has 1 aliphatic rings. The van der Waals surface area contributed by atoms with E-state index < -0.39 is 16.3 Å². The Labute approximate surface area is 161 Å². The molecule has 2 aromatic carbocycles. The predicted molar refractivity (Wildman–Crippen MR) is 108 cm³/mol. The first-order chi connectivity index (χ1) is 12.4. The standard InChI is InChI=1S/C19H22ClN3O2S/c1-22(2)13-19(26(24)25)15-5-9-17(10-6-15)23-12-11-18(21-23)14-3-7-16(20)8-4-14/h3-10,19H,11-13H2,1-2H3,(H,24,25). The van der Waals surface area contributed by atoms with E-state index in [0.29, 0.717) is 11.6 Å². The molecule has 0 amide bonds. The van der Waals surface area contributed by atoms with E-state index in [2.05, 4.69) is 0 Å². The highest BCUT2D eigenvalue weighted by atomic mass is 35.5. The topological polar surface area (TPSA) is 56.1 Å². The maximum absolute atomic E-state index is 11.6. The number of nitrogens with zero attached hydrogens (tertiary/aromatic N) is 3. The van der Waals surface area contributed by atoms with Gasteiger partial charge in [0.25, 0.3) is 0 Å². The van der Waals surface area contributed by atoms with Crippen molar-refractivity contribution in [3.8, 4) is 0 Å². The molecule has 7 heteroatoms. The van der Waals surface area contributed by atoms with E-state index in [1.54, 1.807) is 0 Å². The van der Waals surface area contributed by atoms with Gasteiger partial charge in [-0.3, -0.25) is 5.01 Å². The number of hydrogen-bond donors (Lipinski definition) is 1. The van der Waals surface area contributed by atoms with Gasteiger partial charge in [-0.15, -0.1) is 0 Å². The number of anilines is 1. The van der Waals surface area contributed by atoms with Crippen LogP contribution in [0.25, 0.3) is 0 Å². The Morgan fingerprint density at radius 1 is 1.19 bits per heavy atom. The number of rotatable bonds is 6. The van der Waals surface area contributed by atoms with Gasteiger partial charge in [-0.1, -0.05) is 35.9 Å². The first kappa shape index (κ1) is 19.0. The van der Waals surface area contributed by atoms with Crippen LogP contribution >= 0.6 is 11.6 Å². The molecule has 0 saturated carbocycles. The van der Waals surface area contributed by atoms with Crippen molar-refractivity contribution in [1.82, 2.24) is 4.90 Å². The van der Waals surface area contributed by atoms with E-state index in [0.717, 1.165) is 35.5 Å². The van der Waals surface area contributed by atoms with Crippen LogP contribution in [0.4, 0.5) is 5.69 Å². The molecule has 2 atom stereocenters. The van der Waals surface area contributed by atoms with Crippen molar-refractivity contribution in [3.63, 3.8) is 0 Å². The first-order valence-electron chi connectivity index (χ1n) is 8.39. The van der Waals surface area contributed by atoms with Gasteiger partial charge in [0.1, 0.15) is 0 Å². The van der Waals surface area contributed by atoms with Crippen LogP contribution in [0.1, 0.15) is 22.8 Å². The third-order valence-corrected chi connectivity index (χ3v) is 5.48. The lowest BCUT2D eigenvalue weighted by atomic mass is 10.1. The molecule has 2 aromatic rings. The van der Waals surface area contributed by atoms with Gasteiger partial charge in [-0.25, -0.2) is 4.21 Å². The second-order valence-corrected chi connectivity index (χ2v) is 8.10. The highest BCUT2D eigenvalue weighted by Gasteiger charge is 2.21. The molecule has 138 valence electrons. The van der Waals surface area contributed by atoms with Crippen molar-refractivity contribution in [1.29, 1.82) is 0 Å². The van der Waals surface area contributed by atoms with Crippen LogP contribution in [0.5, 0.6) is 0 Å². The Hall–Kier alpha value is -1.73. The second-order valence-electron chi connectivity index (χ2n) is 6.55. The summed E-state index contributed by atoms with van der Waals surface area (Å²) < 4.78 is 21.2. The summed E-state index contributed by atoms with van der Waals surface area (Å²) in [5.41, 5.74) is 3.94. The van der Waals surface area contributed by atoms with E-state index in [-0.39, 0.29) is 0 Å². The van der Waals surface area contributed by atoms with Crippen LogP contribution in [-0.4, -0.2) is 46.6 Å². The minimum absolute atomic E-state index is 0.425. The van der Waals surface area contributed by atoms with Crippen LogP contribution < -0.4 is 5.01 Å². The Bertz CT molecular complexity index is 807. The summed E-state index contributed by atoms with van der Waals surface area (Å²) in [4.78, 5) is 1.91. The minimum atomic E-state index is -1.91. The van der Waals surface area contributed by atoms with Gasteiger partial charge in [0.15, 0.2) is 11.1 Å². The van der Waals surface area contributed by atoms with E-state index in [9.17, 15) is 8.76 Å². The van der Waals surface area contributed by atoms with Crippen LogP contribution in [0.15, 0.2) is 53.6 Å². The zero-order valence-electron chi connectivity index (χ0n) is 14.8. The Morgan fingerprint density at radius 3 is 2.42 bits per heavy atom. The zero-order chi connectivity index (χ0) is 18.7. The molecule has 0 bridgehead atoms. The van der Waals surface area contributed by atoms with Gasteiger partial charge < -0.3 is 9.45 Å². The smallest absolute Gasteiger partial charge is 0.161 e. The highest BCUT2D eigenvalue weighted by molar-refractivity contribution is 7.79. The van der Waals surface area contributed by atoms with E-state index in [1.807, 2.05) is 72.5 Å². The molecule has 0 aliphatic carbocycles. The molecule has 5 nitrogen and oxygen atoms in total. The molecule has 1 N–H and O–H groups in total. The monoisotopic (exact) mass is 391 g/mol. The van der Waals surface area contributed by atoms with E-state index >= 15 is 0 Å². The third-order valence-electron chi connectivity index (χ3n) is 4.32. The lowest BCUT2D eigenvalue weighted by Crippen LogP contribution is -2.23. The van der Waals surface area contributed by atoms with Crippen molar-refractivity contribution in [2.75, 3.05) is 32.2 Å². The van der Waals surface area contributed by atoms with Gasteiger partial charge in [-0.05, 0) is 49.5 Å². The van der Waals surface area contributed by atoms with Crippen molar-refractivity contribution in [2.45, 2.75) is 11.7 Å². The quantitative estimate of drug-likeness (QED) is 0.761. The molecule has 0 radical (unpaired) electrons. The van der Waals surface area contributed by atoms with Crippen LogP contribution in [0.2, 0.25) is 5.02 Å². The SMILES string of the molecule is CN(C)CC(c1ccc(N2CCC(c3ccc(Cl)cc3)=N2)cc1)S(=O)O. The summed E-state index contributed by atoms with van der Waals surface area (Å²) in [5.74, 6) is 0. The van der Waals surface area contributed by atoms with Gasteiger partial charge >= 0.3 is 0 Å². The summed E-state index contributed by atoms with van der Waals surface area (Å²) in [5, 5.41) is 6.96. The van der Waals surface area contributed by atoms with Crippen molar-refractivity contribution in [2.24, 2.45) is 5.10 Å².